The number of nitrogens with zero attached hydrogens (tertiary/aromatic N) is 1. The van der Waals surface area contributed by atoms with Gasteiger partial charge in [0.05, 0.1) is 0 Å². The van der Waals surface area contributed by atoms with Gasteiger partial charge in [0.15, 0.2) is 0 Å². The molecular weight excluding hydrogens is 230 g/mol. The number of hydrogen-bond donors (Lipinski definition) is 2. The number of rotatable bonds is 5. The molecule has 2 unspecified atom stereocenters. The summed E-state index contributed by atoms with van der Waals surface area (Å²) in [5.41, 5.74) is 6.00. The van der Waals surface area contributed by atoms with Crippen molar-refractivity contribution in [1.82, 2.24) is 10.2 Å². The molecule has 2 atom stereocenters. The smallest absolute Gasteiger partial charge is 0.242 e. The van der Waals surface area contributed by atoms with Gasteiger partial charge in [-0.25, -0.2) is 0 Å². The Kier molecular flexibility index (Phi) is 4.85. The van der Waals surface area contributed by atoms with E-state index in [0.29, 0.717) is 0 Å². The third-order valence-corrected chi connectivity index (χ3v) is 2.67. The second kappa shape index (κ2) is 6.16. The second-order valence-corrected chi connectivity index (χ2v) is 4.41. The molecule has 18 heavy (non-hydrogen) atoms. The van der Waals surface area contributed by atoms with E-state index in [1.807, 2.05) is 44.4 Å². The fourth-order valence-corrected chi connectivity index (χ4v) is 1.68. The van der Waals surface area contributed by atoms with Gasteiger partial charge >= 0.3 is 0 Å². The lowest BCUT2D eigenvalue weighted by atomic mass is 10.0. The van der Waals surface area contributed by atoms with Crippen LogP contribution in [-0.2, 0) is 9.59 Å². The highest BCUT2D eigenvalue weighted by atomic mass is 16.2. The van der Waals surface area contributed by atoms with Gasteiger partial charge in [-0.3, -0.25) is 14.5 Å². The van der Waals surface area contributed by atoms with Crippen molar-refractivity contribution < 1.29 is 9.59 Å². The number of nitrogens with one attached hydrogen (secondary N) is 1. The molecule has 1 aromatic carbocycles. The van der Waals surface area contributed by atoms with Gasteiger partial charge in [0.1, 0.15) is 12.1 Å². The van der Waals surface area contributed by atoms with Crippen LogP contribution in [0.4, 0.5) is 0 Å². The van der Waals surface area contributed by atoms with E-state index in [1.54, 1.807) is 11.8 Å². The van der Waals surface area contributed by atoms with E-state index in [0.717, 1.165) is 5.56 Å². The van der Waals surface area contributed by atoms with E-state index in [2.05, 4.69) is 5.32 Å². The van der Waals surface area contributed by atoms with E-state index < -0.39 is 18.0 Å². The molecule has 0 radical (unpaired) electrons. The normalized spacial score (nSPS) is 14.0. The van der Waals surface area contributed by atoms with Crippen LogP contribution in [0.5, 0.6) is 0 Å². The van der Waals surface area contributed by atoms with E-state index in [9.17, 15) is 9.59 Å². The number of hydrogen-bond acceptors (Lipinski definition) is 3. The van der Waals surface area contributed by atoms with Crippen molar-refractivity contribution in [3.8, 4) is 0 Å². The number of primary amides is 1. The Morgan fingerprint density at radius 1 is 1.22 bits per heavy atom. The van der Waals surface area contributed by atoms with Gasteiger partial charge < -0.3 is 11.1 Å². The second-order valence-electron chi connectivity index (χ2n) is 4.41. The monoisotopic (exact) mass is 249 g/mol. The molecule has 0 aliphatic carbocycles. The summed E-state index contributed by atoms with van der Waals surface area (Å²) in [7, 11) is 3.62. The fraction of sp³-hybridized carbons (Fsp3) is 0.385. The average molecular weight is 249 g/mol. The van der Waals surface area contributed by atoms with Crippen LogP contribution < -0.4 is 11.1 Å². The summed E-state index contributed by atoms with van der Waals surface area (Å²) in [6.07, 6.45) is 0. The molecule has 0 aromatic heterocycles. The zero-order valence-electron chi connectivity index (χ0n) is 10.9. The Bertz CT molecular complexity index is 418. The lowest BCUT2D eigenvalue weighted by Crippen LogP contribution is -2.46. The number of carbonyl (C=O) groups excluding carboxylic acids is 2. The molecule has 1 rings (SSSR count). The quantitative estimate of drug-likeness (QED) is 0.787. The van der Waals surface area contributed by atoms with Crippen LogP contribution in [-0.4, -0.2) is 36.9 Å². The molecule has 2 amide bonds. The molecule has 0 fully saturated rings. The fourth-order valence-electron chi connectivity index (χ4n) is 1.68. The molecule has 5 heteroatoms. The predicted octanol–water partition coefficient (Wildman–Crippen LogP) is 0.279. The summed E-state index contributed by atoms with van der Waals surface area (Å²) in [5, 5.41) is 2.60. The number of nitrogens with two attached hydrogens (primary N) is 1. The van der Waals surface area contributed by atoms with Crippen molar-refractivity contribution in [2.24, 2.45) is 5.73 Å². The van der Waals surface area contributed by atoms with Crippen LogP contribution in [0.2, 0.25) is 0 Å². The van der Waals surface area contributed by atoms with Crippen LogP contribution >= 0.6 is 0 Å². The first-order valence-electron chi connectivity index (χ1n) is 5.74. The number of carbonyl (C=O) groups is 2. The van der Waals surface area contributed by atoms with Crippen molar-refractivity contribution >= 4 is 11.8 Å². The lowest BCUT2D eigenvalue weighted by Gasteiger charge is -2.25. The molecular formula is C13H19N3O2. The molecule has 0 aliphatic heterocycles. The highest BCUT2D eigenvalue weighted by molar-refractivity contribution is 5.89. The summed E-state index contributed by atoms with van der Waals surface area (Å²) in [6.45, 7) is 1.57. The van der Waals surface area contributed by atoms with E-state index in [-0.39, 0.29) is 5.91 Å². The van der Waals surface area contributed by atoms with Gasteiger partial charge in [0.25, 0.3) is 0 Å². The third kappa shape index (κ3) is 3.56. The molecule has 0 spiro atoms. The Morgan fingerprint density at radius 3 is 2.22 bits per heavy atom. The molecule has 3 N–H and O–H groups in total. The van der Waals surface area contributed by atoms with Crippen molar-refractivity contribution in [3.63, 3.8) is 0 Å². The van der Waals surface area contributed by atoms with Gasteiger partial charge in [0.2, 0.25) is 11.8 Å². The maximum atomic E-state index is 12.1. The first kappa shape index (κ1) is 14.2. The van der Waals surface area contributed by atoms with Crippen LogP contribution in [0.3, 0.4) is 0 Å². The Hall–Kier alpha value is -1.88. The summed E-state index contributed by atoms with van der Waals surface area (Å²) in [4.78, 5) is 24.9. The first-order valence-corrected chi connectivity index (χ1v) is 5.74. The predicted molar refractivity (Wildman–Crippen MR) is 69.7 cm³/mol. The maximum Gasteiger partial charge on any atom is 0.242 e. The van der Waals surface area contributed by atoms with Crippen LogP contribution in [0, 0.1) is 0 Å². The highest BCUT2D eigenvalue weighted by Gasteiger charge is 2.24. The van der Waals surface area contributed by atoms with Gasteiger partial charge in [-0.2, -0.15) is 0 Å². The topological polar surface area (TPSA) is 75.4 Å². The van der Waals surface area contributed by atoms with Crippen LogP contribution in [0.15, 0.2) is 30.3 Å². The SMILES string of the molecule is CC(NC(=O)C(c1ccccc1)N(C)C)C(N)=O. The summed E-state index contributed by atoms with van der Waals surface area (Å²) in [5.74, 6) is -0.786. The van der Waals surface area contributed by atoms with E-state index in [1.165, 1.54) is 0 Å². The van der Waals surface area contributed by atoms with Gasteiger partial charge in [0, 0.05) is 0 Å². The molecule has 0 aliphatic rings. The average Bonchev–Trinajstić information content (AvgIpc) is 2.29. The lowest BCUT2D eigenvalue weighted by molar-refractivity contribution is -0.130. The first-order chi connectivity index (χ1) is 8.43. The molecule has 0 saturated carbocycles. The van der Waals surface area contributed by atoms with E-state index in [4.69, 9.17) is 5.73 Å². The van der Waals surface area contributed by atoms with Crippen LogP contribution in [0.25, 0.3) is 0 Å². The number of benzene rings is 1. The largest absolute Gasteiger partial charge is 0.368 e. The Labute approximate surface area is 107 Å². The number of likely N-dealkylation sites (N-methyl/N-ethyl adjacent to an activating group) is 1. The van der Waals surface area contributed by atoms with E-state index >= 15 is 0 Å². The van der Waals surface area contributed by atoms with Gasteiger partial charge in [-0.05, 0) is 26.6 Å². The molecule has 1 aromatic rings. The minimum atomic E-state index is -0.677. The van der Waals surface area contributed by atoms with Crippen molar-refractivity contribution in [2.45, 2.75) is 19.0 Å². The van der Waals surface area contributed by atoms with Crippen LogP contribution in [0.1, 0.15) is 18.5 Å². The van der Waals surface area contributed by atoms with Gasteiger partial charge in [-0.1, -0.05) is 30.3 Å². The summed E-state index contributed by atoms with van der Waals surface area (Å²) in [6, 6.07) is 8.27. The van der Waals surface area contributed by atoms with Gasteiger partial charge in [-0.15, -0.1) is 0 Å². The molecule has 0 heterocycles. The highest BCUT2D eigenvalue weighted by Crippen LogP contribution is 2.17. The summed E-state index contributed by atoms with van der Waals surface area (Å²) >= 11 is 0. The molecule has 5 nitrogen and oxygen atoms in total. The van der Waals surface area contributed by atoms with Crippen molar-refractivity contribution in [3.05, 3.63) is 35.9 Å². The Balaban J connectivity index is 2.87. The Morgan fingerprint density at radius 2 is 1.78 bits per heavy atom. The van der Waals surface area contributed by atoms with Crippen molar-refractivity contribution in [2.75, 3.05) is 14.1 Å². The summed E-state index contributed by atoms with van der Waals surface area (Å²) < 4.78 is 0. The minimum Gasteiger partial charge on any atom is -0.368 e. The zero-order chi connectivity index (χ0) is 13.7. The molecule has 98 valence electrons. The zero-order valence-corrected chi connectivity index (χ0v) is 10.9. The van der Waals surface area contributed by atoms with Crippen molar-refractivity contribution in [1.29, 1.82) is 0 Å². The minimum absolute atomic E-state index is 0.238. The number of amides is 2. The molecule has 0 saturated heterocycles. The standard InChI is InChI=1S/C13H19N3O2/c1-9(12(14)17)15-13(18)11(16(2)3)10-7-5-4-6-8-10/h4-9,11H,1-3H3,(H2,14,17)(H,15,18). The maximum absolute atomic E-state index is 12.1. The third-order valence-electron chi connectivity index (χ3n) is 2.67. The molecule has 0 bridgehead atoms.